The molecule has 100 valence electrons. The van der Waals surface area contributed by atoms with Crippen molar-refractivity contribution in [3.63, 3.8) is 0 Å². The molecule has 0 fully saturated rings. The number of aliphatic hydroxyl groups is 1. The van der Waals surface area contributed by atoms with Gasteiger partial charge < -0.3 is 19.5 Å². The van der Waals surface area contributed by atoms with Crippen LogP contribution >= 0.6 is 0 Å². The Kier molecular flexibility index (Phi) is 4.37. The second-order valence-corrected chi connectivity index (χ2v) is 5.14. The molecule has 1 heterocycles. The van der Waals surface area contributed by atoms with Gasteiger partial charge in [-0.05, 0) is 33.8 Å². The second-order valence-electron chi connectivity index (χ2n) is 5.14. The molecule has 5 nitrogen and oxygen atoms in total. The monoisotopic (exact) mass is 253 g/mol. The van der Waals surface area contributed by atoms with Crippen molar-refractivity contribution < 1.29 is 19.5 Å². The summed E-state index contributed by atoms with van der Waals surface area (Å²) in [7, 11) is 0.259. The molecule has 0 radical (unpaired) electrons. The number of hydrogen-bond donors (Lipinski definition) is 2. The number of methoxy groups -OCH3 is 1. The minimum Gasteiger partial charge on any atom is -0.481 e. The number of aromatic nitrogens is 1. The zero-order chi connectivity index (χ0) is 14.0. The third-order valence-electron chi connectivity index (χ3n) is 3.14. The van der Waals surface area contributed by atoms with Crippen LogP contribution in [0.3, 0.4) is 0 Å². The van der Waals surface area contributed by atoms with E-state index in [0.717, 1.165) is 0 Å². The molecule has 0 aliphatic heterocycles. The lowest BCUT2D eigenvalue weighted by molar-refractivity contribution is -0.0983. The summed E-state index contributed by atoms with van der Waals surface area (Å²) in [5.74, 6) is 0.302. The summed E-state index contributed by atoms with van der Waals surface area (Å²) in [6.07, 6.45) is 1.57. The molecule has 1 aromatic heterocycles. The normalized spacial score (nSPS) is 12.4. The summed E-state index contributed by atoms with van der Waals surface area (Å²) < 4.78 is 10.6. The van der Waals surface area contributed by atoms with Gasteiger partial charge in [-0.1, -0.05) is 6.07 Å². The van der Waals surface area contributed by atoms with Crippen LogP contribution in [0.15, 0.2) is 18.3 Å². The molecule has 0 saturated carbocycles. The van der Waals surface area contributed by atoms with Crippen LogP contribution in [0.4, 0.5) is 0 Å². The Morgan fingerprint density at radius 1 is 1.28 bits per heavy atom. The number of pyridine rings is 1. The topological polar surface area (TPSA) is 71.8 Å². The van der Waals surface area contributed by atoms with E-state index in [0.29, 0.717) is 11.3 Å². The van der Waals surface area contributed by atoms with Crippen LogP contribution in [0.25, 0.3) is 0 Å². The highest BCUT2D eigenvalue weighted by molar-refractivity contribution is 6.61. The van der Waals surface area contributed by atoms with E-state index in [4.69, 9.17) is 9.39 Å². The molecule has 0 unspecified atom stereocenters. The van der Waals surface area contributed by atoms with Crippen LogP contribution < -0.4 is 10.2 Å². The Labute approximate surface area is 108 Å². The molecule has 1 aromatic rings. The quantitative estimate of drug-likeness (QED) is 0.740. The van der Waals surface area contributed by atoms with Crippen molar-refractivity contribution in [1.82, 2.24) is 4.98 Å². The maximum atomic E-state index is 10.1. The first-order valence-electron chi connectivity index (χ1n) is 5.76. The van der Waals surface area contributed by atoms with Gasteiger partial charge >= 0.3 is 7.12 Å². The lowest BCUT2D eigenvalue weighted by Gasteiger charge is -2.38. The number of ether oxygens (including phenoxy) is 1. The molecule has 2 N–H and O–H groups in total. The molecule has 0 aliphatic rings. The highest BCUT2D eigenvalue weighted by Crippen LogP contribution is 2.25. The van der Waals surface area contributed by atoms with Crippen LogP contribution in [-0.2, 0) is 4.65 Å². The van der Waals surface area contributed by atoms with Crippen molar-refractivity contribution in [2.24, 2.45) is 0 Å². The minimum atomic E-state index is -1.21. The van der Waals surface area contributed by atoms with Crippen LogP contribution in [0.2, 0.25) is 0 Å². The van der Waals surface area contributed by atoms with E-state index in [9.17, 15) is 10.1 Å². The summed E-state index contributed by atoms with van der Waals surface area (Å²) in [6, 6.07) is 3.35. The molecular formula is C12H20BNO4. The maximum Gasteiger partial charge on any atom is 0.497 e. The van der Waals surface area contributed by atoms with Gasteiger partial charge in [-0.25, -0.2) is 4.98 Å². The molecule has 0 aromatic carbocycles. The number of rotatable bonds is 5. The zero-order valence-corrected chi connectivity index (χ0v) is 11.5. The minimum absolute atomic E-state index is 0.302. The van der Waals surface area contributed by atoms with E-state index in [2.05, 4.69) is 4.98 Å². The van der Waals surface area contributed by atoms with Crippen LogP contribution in [0, 0.1) is 0 Å². The first kappa shape index (κ1) is 15.0. The van der Waals surface area contributed by atoms with Crippen LogP contribution in [0.5, 0.6) is 5.88 Å². The summed E-state index contributed by atoms with van der Waals surface area (Å²) in [6.45, 7) is 6.67. The van der Waals surface area contributed by atoms with E-state index in [-0.39, 0.29) is 0 Å². The van der Waals surface area contributed by atoms with E-state index in [1.807, 2.05) is 0 Å². The third kappa shape index (κ3) is 3.22. The van der Waals surface area contributed by atoms with E-state index in [1.54, 1.807) is 46.0 Å². The molecule has 1 rings (SSSR count). The Morgan fingerprint density at radius 2 is 1.89 bits per heavy atom. The van der Waals surface area contributed by atoms with Crippen molar-refractivity contribution >= 4 is 12.6 Å². The molecule has 0 amide bonds. The van der Waals surface area contributed by atoms with Gasteiger partial charge in [0.2, 0.25) is 5.88 Å². The standard InChI is InChI=1S/C12H20BNO4/c1-11(2,15)12(3,4)18-13(16)9-7-6-8-14-10(9)17-5/h6-8,15-16H,1-5H3. The van der Waals surface area contributed by atoms with Crippen molar-refractivity contribution in [2.75, 3.05) is 7.11 Å². The van der Waals surface area contributed by atoms with Crippen molar-refractivity contribution in [2.45, 2.75) is 38.9 Å². The molecular weight excluding hydrogens is 233 g/mol. The lowest BCUT2D eigenvalue weighted by atomic mass is 9.77. The molecule has 18 heavy (non-hydrogen) atoms. The van der Waals surface area contributed by atoms with E-state index < -0.39 is 18.3 Å². The second kappa shape index (κ2) is 5.26. The highest BCUT2D eigenvalue weighted by atomic mass is 16.6. The maximum absolute atomic E-state index is 10.1. The highest BCUT2D eigenvalue weighted by Gasteiger charge is 2.40. The Morgan fingerprint density at radius 3 is 2.39 bits per heavy atom. The third-order valence-corrected chi connectivity index (χ3v) is 3.14. The molecule has 6 heteroatoms. The predicted octanol–water partition coefficient (Wildman–Crippen LogP) is 0.344. The number of nitrogens with zero attached hydrogens (tertiary/aromatic N) is 1. The Bertz CT molecular complexity index is 403. The van der Waals surface area contributed by atoms with Gasteiger partial charge in [-0.2, -0.15) is 0 Å². The van der Waals surface area contributed by atoms with Crippen molar-refractivity contribution in [3.05, 3.63) is 18.3 Å². The van der Waals surface area contributed by atoms with Crippen LogP contribution in [-0.4, -0.2) is 40.5 Å². The molecule has 0 spiro atoms. The smallest absolute Gasteiger partial charge is 0.481 e. The first-order chi connectivity index (χ1) is 8.19. The zero-order valence-electron chi connectivity index (χ0n) is 11.5. The average Bonchev–Trinajstić information content (AvgIpc) is 2.26. The summed E-state index contributed by atoms with van der Waals surface area (Å²) >= 11 is 0. The van der Waals surface area contributed by atoms with Crippen molar-refractivity contribution in [1.29, 1.82) is 0 Å². The van der Waals surface area contributed by atoms with Gasteiger partial charge in [-0.3, -0.25) is 0 Å². The van der Waals surface area contributed by atoms with Gasteiger partial charge in [0.25, 0.3) is 0 Å². The van der Waals surface area contributed by atoms with E-state index in [1.165, 1.54) is 7.11 Å². The average molecular weight is 253 g/mol. The van der Waals surface area contributed by atoms with Crippen molar-refractivity contribution in [3.8, 4) is 5.88 Å². The fraction of sp³-hybridized carbons (Fsp3) is 0.583. The van der Waals surface area contributed by atoms with Gasteiger partial charge in [0.15, 0.2) is 0 Å². The molecule has 0 atom stereocenters. The first-order valence-corrected chi connectivity index (χ1v) is 5.76. The number of hydrogen-bond acceptors (Lipinski definition) is 5. The van der Waals surface area contributed by atoms with Gasteiger partial charge in [0.1, 0.15) is 0 Å². The Hall–Kier alpha value is -1.11. The fourth-order valence-electron chi connectivity index (χ4n) is 1.25. The summed E-state index contributed by atoms with van der Waals surface area (Å²) in [5.41, 5.74) is -1.59. The SMILES string of the molecule is COc1ncccc1B(O)OC(C)(C)C(C)(C)O. The van der Waals surface area contributed by atoms with E-state index >= 15 is 0 Å². The largest absolute Gasteiger partial charge is 0.497 e. The summed E-state index contributed by atoms with van der Waals surface area (Å²) in [4.78, 5) is 3.99. The van der Waals surface area contributed by atoms with Gasteiger partial charge in [0, 0.05) is 11.7 Å². The Balaban J connectivity index is 2.92. The van der Waals surface area contributed by atoms with Crippen LogP contribution in [0.1, 0.15) is 27.7 Å². The predicted molar refractivity (Wildman–Crippen MR) is 69.9 cm³/mol. The molecule has 0 bridgehead atoms. The summed E-state index contributed by atoms with van der Waals surface area (Å²) in [5, 5.41) is 20.1. The van der Waals surface area contributed by atoms with Gasteiger partial charge in [-0.15, -0.1) is 0 Å². The lowest BCUT2D eigenvalue weighted by Crippen LogP contribution is -2.53. The fourth-order valence-corrected chi connectivity index (χ4v) is 1.25. The molecule has 0 aliphatic carbocycles. The molecule has 0 saturated heterocycles. The van der Waals surface area contributed by atoms with Gasteiger partial charge in [0.05, 0.1) is 18.3 Å².